The third-order valence-electron chi connectivity index (χ3n) is 4.50. The molecule has 25 heavy (non-hydrogen) atoms. The minimum Gasteiger partial charge on any atom is -0.390 e. The number of oxime groups is 1. The first kappa shape index (κ1) is 16.0. The summed E-state index contributed by atoms with van der Waals surface area (Å²) >= 11 is 5.76. The lowest BCUT2D eigenvalue weighted by Gasteiger charge is -2.17. The van der Waals surface area contributed by atoms with Crippen molar-refractivity contribution in [2.24, 2.45) is 11.1 Å². The highest BCUT2D eigenvalue weighted by Crippen LogP contribution is 2.31. The van der Waals surface area contributed by atoms with Gasteiger partial charge in [0.05, 0.1) is 23.2 Å². The van der Waals surface area contributed by atoms with Crippen LogP contribution in [0.2, 0.25) is 5.02 Å². The van der Waals surface area contributed by atoms with E-state index in [1.807, 2.05) is 0 Å². The summed E-state index contributed by atoms with van der Waals surface area (Å²) in [6.07, 6.45) is -0.236. The number of hydrogen-bond donors (Lipinski definition) is 0. The van der Waals surface area contributed by atoms with Crippen LogP contribution in [0, 0.1) is 17.6 Å². The van der Waals surface area contributed by atoms with Crippen molar-refractivity contribution in [1.29, 1.82) is 0 Å². The van der Waals surface area contributed by atoms with E-state index in [0.29, 0.717) is 24.4 Å². The molecule has 0 aliphatic carbocycles. The highest BCUT2D eigenvalue weighted by Gasteiger charge is 2.44. The Hall–Kier alpha value is -2.47. The maximum Gasteiger partial charge on any atom is 0.254 e. The van der Waals surface area contributed by atoms with Crippen LogP contribution >= 0.6 is 11.6 Å². The molecule has 0 N–H and O–H groups in total. The van der Waals surface area contributed by atoms with Gasteiger partial charge in [-0.15, -0.1) is 0 Å². The number of benzene rings is 2. The Morgan fingerprint density at radius 3 is 2.64 bits per heavy atom. The van der Waals surface area contributed by atoms with Crippen molar-refractivity contribution in [2.75, 3.05) is 13.1 Å². The number of hydrogen-bond acceptors (Lipinski definition) is 3. The van der Waals surface area contributed by atoms with Gasteiger partial charge in [-0.3, -0.25) is 4.79 Å². The molecule has 7 heteroatoms. The molecule has 2 aromatic carbocycles. The van der Waals surface area contributed by atoms with E-state index in [0.717, 1.165) is 5.56 Å². The number of nitrogens with zero attached hydrogens (tertiary/aromatic N) is 2. The van der Waals surface area contributed by atoms with Gasteiger partial charge in [0.25, 0.3) is 5.91 Å². The minimum absolute atomic E-state index is 0.0784. The molecule has 1 saturated heterocycles. The zero-order chi connectivity index (χ0) is 17.6. The van der Waals surface area contributed by atoms with Crippen LogP contribution in [-0.4, -0.2) is 35.7 Å². The third-order valence-corrected chi connectivity index (χ3v) is 4.79. The summed E-state index contributed by atoms with van der Waals surface area (Å²) in [5, 5.41) is 4.01. The fraction of sp³-hybridized carbons (Fsp3) is 0.222. The van der Waals surface area contributed by atoms with Crippen molar-refractivity contribution in [3.63, 3.8) is 0 Å². The number of carbonyl (C=O) groups excluding carboxylic acids is 1. The fourth-order valence-electron chi connectivity index (χ4n) is 3.20. The van der Waals surface area contributed by atoms with Crippen LogP contribution in [0.5, 0.6) is 0 Å². The van der Waals surface area contributed by atoms with E-state index < -0.39 is 5.82 Å². The van der Waals surface area contributed by atoms with Gasteiger partial charge < -0.3 is 9.74 Å². The maximum atomic E-state index is 13.3. The summed E-state index contributed by atoms with van der Waals surface area (Å²) in [7, 11) is 0. The number of carbonyl (C=O) groups is 1. The van der Waals surface area contributed by atoms with Gasteiger partial charge in [-0.25, -0.2) is 8.78 Å². The second-order valence-corrected chi connectivity index (χ2v) is 6.48. The third kappa shape index (κ3) is 2.87. The highest BCUT2D eigenvalue weighted by molar-refractivity contribution is 6.31. The van der Waals surface area contributed by atoms with E-state index in [1.165, 1.54) is 30.3 Å². The van der Waals surface area contributed by atoms with E-state index in [1.54, 1.807) is 17.0 Å². The molecule has 2 aliphatic rings. The Labute approximate surface area is 147 Å². The molecule has 4 nitrogen and oxygen atoms in total. The number of rotatable bonds is 2. The van der Waals surface area contributed by atoms with Gasteiger partial charge >= 0.3 is 0 Å². The van der Waals surface area contributed by atoms with Crippen LogP contribution in [0.15, 0.2) is 47.6 Å². The van der Waals surface area contributed by atoms with E-state index in [9.17, 15) is 13.6 Å². The molecule has 128 valence electrons. The lowest BCUT2D eigenvalue weighted by Crippen LogP contribution is -2.30. The van der Waals surface area contributed by atoms with E-state index in [2.05, 4.69) is 5.16 Å². The Morgan fingerprint density at radius 2 is 1.92 bits per heavy atom. The molecule has 2 aliphatic heterocycles. The van der Waals surface area contributed by atoms with Crippen LogP contribution < -0.4 is 0 Å². The molecule has 0 radical (unpaired) electrons. The molecule has 4 rings (SSSR count). The highest BCUT2D eigenvalue weighted by atomic mass is 35.5. The maximum absolute atomic E-state index is 13.3. The molecule has 1 amide bonds. The molecule has 0 aromatic heterocycles. The molecule has 0 spiro atoms. The molecular formula is C18H13ClF2N2O2. The lowest BCUT2D eigenvalue weighted by atomic mass is 9.95. The summed E-state index contributed by atoms with van der Waals surface area (Å²) in [6, 6.07) is 9.92. The Morgan fingerprint density at radius 1 is 1.16 bits per heavy atom. The van der Waals surface area contributed by atoms with E-state index in [-0.39, 0.29) is 28.8 Å². The van der Waals surface area contributed by atoms with Crippen molar-refractivity contribution in [1.82, 2.24) is 4.90 Å². The molecule has 0 saturated carbocycles. The summed E-state index contributed by atoms with van der Waals surface area (Å²) in [5.74, 6) is -1.20. The largest absolute Gasteiger partial charge is 0.390 e. The van der Waals surface area contributed by atoms with Crippen LogP contribution in [-0.2, 0) is 4.84 Å². The average molecular weight is 363 g/mol. The number of likely N-dealkylation sites (tertiary alicyclic amines) is 1. The predicted octanol–water partition coefficient (Wildman–Crippen LogP) is 3.49. The van der Waals surface area contributed by atoms with Gasteiger partial charge in [0.2, 0.25) is 0 Å². The molecule has 2 unspecified atom stereocenters. The van der Waals surface area contributed by atoms with Crippen LogP contribution in [0.4, 0.5) is 8.78 Å². The van der Waals surface area contributed by atoms with E-state index in [4.69, 9.17) is 16.4 Å². The minimum atomic E-state index is -0.564. The van der Waals surface area contributed by atoms with E-state index >= 15 is 0 Å². The zero-order valence-corrected chi connectivity index (χ0v) is 13.7. The second kappa shape index (κ2) is 6.11. The SMILES string of the molecule is O=C(c1ccc(F)c(Cl)c1)N1CC2ON=C(c3ccc(F)cc3)C2C1. The quantitative estimate of drug-likeness (QED) is 0.820. The monoisotopic (exact) mass is 362 g/mol. The summed E-state index contributed by atoms with van der Waals surface area (Å²) < 4.78 is 26.4. The smallest absolute Gasteiger partial charge is 0.254 e. The van der Waals surface area contributed by atoms with Gasteiger partial charge in [-0.1, -0.05) is 28.9 Å². The lowest BCUT2D eigenvalue weighted by molar-refractivity contribution is 0.0631. The Bertz CT molecular complexity index is 870. The first-order valence-electron chi connectivity index (χ1n) is 7.77. The van der Waals surface area contributed by atoms with Gasteiger partial charge in [-0.2, -0.15) is 0 Å². The van der Waals surface area contributed by atoms with Gasteiger partial charge in [0, 0.05) is 17.7 Å². The van der Waals surface area contributed by atoms with Crippen molar-refractivity contribution in [2.45, 2.75) is 6.10 Å². The number of halogens is 3. The van der Waals surface area contributed by atoms with Gasteiger partial charge in [0.15, 0.2) is 6.10 Å². The first-order chi connectivity index (χ1) is 12.0. The summed E-state index contributed by atoms with van der Waals surface area (Å²) in [4.78, 5) is 19.7. The van der Waals surface area contributed by atoms with Crippen molar-refractivity contribution < 1.29 is 18.4 Å². The Kier molecular flexibility index (Phi) is 3.92. The average Bonchev–Trinajstić information content (AvgIpc) is 3.18. The topological polar surface area (TPSA) is 41.9 Å². The van der Waals surface area contributed by atoms with Gasteiger partial charge in [-0.05, 0) is 30.3 Å². The van der Waals surface area contributed by atoms with Crippen molar-refractivity contribution in [3.8, 4) is 0 Å². The summed E-state index contributed by atoms with van der Waals surface area (Å²) in [5.41, 5.74) is 1.80. The summed E-state index contributed by atoms with van der Waals surface area (Å²) in [6.45, 7) is 0.807. The first-order valence-corrected chi connectivity index (χ1v) is 8.14. The zero-order valence-electron chi connectivity index (χ0n) is 13.0. The standard InChI is InChI=1S/C18H13ClF2N2O2/c19-14-7-11(3-6-15(14)21)18(24)23-8-13-16(9-23)25-22-17(13)10-1-4-12(20)5-2-10/h1-7,13,16H,8-9H2. The predicted molar refractivity (Wildman–Crippen MR) is 88.6 cm³/mol. The second-order valence-electron chi connectivity index (χ2n) is 6.07. The van der Waals surface area contributed by atoms with Crippen LogP contribution in [0.3, 0.4) is 0 Å². The molecule has 2 heterocycles. The molecule has 2 atom stereocenters. The molecule has 2 aromatic rings. The molecule has 0 bridgehead atoms. The van der Waals surface area contributed by atoms with Crippen LogP contribution in [0.1, 0.15) is 15.9 Å². The van der Waals surface area contributed by atoms with Gasteiger partial charge in [0.1, 0.15) is 11.6 Å². The molecular weight excluding hydrogens is 350 g/mol. The van der Waals surface area contributed by atoms with Crippen molar-refractivity contribution >= 4 is 23.2 Å². The van der Waals surface area contributed by atoms with Crippen LogP contribution in [0.25, 0.3) is 0 Å². The normalized spacial score (nSPS) is 21.7. The van der Waals surface area contributed by atoms with Crippen molar-refractivity contribution in [3.05, 3.63) is 70.2 Å². The Balaban J connectivity index is 1.53. The number of fused-ring (bicyclic) bond motifs is 1. The fourth-order valence-corrected chi connectivity index (χ4v) is 3.38. The molecule has 1 fully saturated rings. The number of amides is 1.